The minimum Gasteiger partial charge on any atom is -0.465 e. The van der Waals surface area contributed by atoms with Gasteiger partial charge in [0.15, 0.2) is 0 Å². The van der Waals surface area contributed by atoms with E-state index in [1.807, 2.05) is 20.8 Å². The largest absolute Gasteiger partial charge is 0.465 e. The summed E-state index contributed by atoms with van der Waals surface area (Å²) in [6.45, 7) is 8.93. The molecule has 0 saturated carbocycles. The lowest BCUT2D eigenvalue weighted by atomic mass is 9.92. The average molecular weight is 341 g/mol. The van der Waals surface area contributed by atoms with E-state index in [-0.39, 0.29) is 36.3 Å². The SMILES string of the molecule is CCOC(=O)CN(CCOC)CC(=O)Nc1cc(C(C)(C)C)no1. The molecule has 0 aliphatic heterocycles. The summed E-state index contributed by atoms with van der Waals surface area (Å²) in [6, 6.07) is 1.70. The third-order valence-electron chi connectivity index (χ3n) is 3.18. The van der Waals surface area contributed by atoms with Crippen LogP contribution in [0.15, 0.2) is 10.6 Å². The van der Waals surface area contributed by atoms with Gasteiger partial charge in [-0.1, -0.05) is 25.9 Å². The van der Waals surface area contributed by atoms with Crippen LogP contribution >= 0.6 is 0 Å². The summed E-state index contributed by atoms with van der Waals surface area (Å²) >= 11 is 0. The summed E-state index contributed by atoms with van der Waals surface area (Å²) in [6.07, 6.45) is 0. The molecule has 0 spiro atoms. The van der Waals surface area contributed by atoms with E-state index in [4.69, 9.17) is 14.0 Å². The number of esters is 1. The number of anilines is 1. The number of nitrogens with one attached hydrogen (secondary N) is 1. The van der Waals surface area contributed by atoms with E-state index in [9.17, 15) is 9.59 Å². The number of carbonyl (C=O) groups excluding carboxylic acids is 2. The minimum atomic E-state index is -0.379. The molecular formula is C16H27N3O5. The Labute approximate surface area is 142 Å². The van der Waals surface area contributed by atoms with Crippen LogP contribution in [-0.2, 0) is 24.5 Å². The number of hydrogen-bond donors (Lipinski definition) is 1. The molecule has 0 saturated heterocycles. The molecule has 0 radical (unpaired) electrons. The van der Waals surface area contributed by atoms with Crippen molar-refractivity contribution in [2.24, 2.45) is 0 Å². The topological polar surface area (TPSA) is 93.9 Å². The quantitative estimate of drug-likeness (QED) is 0.679. The lowest BCUT2D eigenvalue weighted by Gasteiger charge is -2.19. The van der Waals surface area contributed by atoms with Gasteiger partial charge in [-0.3, -0.25) is 19.8 Å². The minimum absolute atomic E-state index is 0.0216. The van der Waals surface area contributed by atoms with Crippen LogP contribution in [0.2, 0.25) is 0 Å². The molecule has 1 aromatic rings. The van der Waals surface area contributed by atoms with Crippen LogP contribution in [0.25, 0.3) is 0 Å². The maximum Gasteiger partial charge on any atom is 0.320 e. The second kappa shape index (κ2) is 9.39. The molecule has 0 bridgehead atoms. The highest BCUT2D eigenvalue weighted by atomic mass is 16.5. The van der Waals surface area contributed by atoms with Gasteiger partial charge in [0.05, 0.1) is 32.0 Å². The molecule has 136 valence electrons. The Hall–Kier alpha value is -1.93. The van der Waals surface area contributed by atoms with Crippen molar-refractivity contribution in [2.45, 2.75) is 33.1 Å². The highest BCUT2D eigenvalue weighted by molar-refractivity contribution is 5.91. The fraction of sp³-hybridized carbons (Fsp3) is 0.688. The summed E-state index contributed by atoms with van der Waals surface area (Å²) in [4.78, 5) is 25.4. The molecule has 1 amide bonds. The van der Waals surface area contributed by atoms with Gasteiger partial charge in [-0.05, 0) is 6.92 Å². The maximum absolute atomic E-state index is 12.2. The zero-order valence-electron chi connectivity index (χ0n) is 15.0. The molecule has 0 unspecified atom stereocenters. The van der Waals surface area contributed by atoms with Gasteiger partial charge in [-0.15, -0.1) is 0 Å². The van der Waals surface area contributed by atoms with Crippen molar-refractivity contribution in [3.05, 3.63) is 11.8 Å². The third kappa shape index (κ3) is 7.10. The van der Waals surface area contributed by atoms with Crippen LogP contribution < -0.4 is 5.32 Å². The van der Waals surface area contributed by atoms with Crippen molar-refractivity contribution in [2.75, 3.05) is 45.3 Å². The first-order valence-corrected chi connectivity index (χ1v) is 7.90. The average Bonchev–Trinajstić information content (AvgIpc) is 2.93. The molecule has 0 atom stereocenters. The Morgan fingerprint density at radius 3 is 2.58 bits per heavy atom. The van der Waals surface area contributed by atoms with Gasteiger partial charge >= 0.3 is 5.97 Å². The van der Waals surface area contributed by atoms with Gasteiger partial charge in [0, 0.05) is 25.1 Å². The van der Waals surface area contributed by atoms with Crippen molar-refractivity contribution in [1.29, 1.82) is 0 Å². The molecule has 1 rings (SSSR count). The molecule has 0 aliphatic carbocycles. The molecule has 24 heavy (non-hydrogen) atoms. The molecule has 8 nitrogen and oxygen atoms in total. The van der Waals surface area contributed by atoms with E-state index in [0.717, 1.165) is 5.69 Å². The van der Waals surface area contributed by atoms with Gasteiger partial charge in [0.25, 0.3) is 0 Å². The van der Waals surface area contributed by atoms with Crippen LogP contribution in [0.4, 0.5) is 5.88 Å². The fourth-order valence-corrected chi connectivity index (χ4v) is 1.89. The zero-order chi connectivity index (χ0) is 18.2. The highest BCUT2D eigenvalue weighted by Crippen LogP contribution is 2.23. The second-order valence-electron chi connectivity index (χ2n) is 6.38. The van der Waals surface area contributed by atoms with Crippen LogP contribution in [0.5, 0.6) is 0 Å². The monoisotopic (exact) mass is 341 g/mol. The van der Waals surface area contributed by atoms with E-state index in [1.165, 1.54) is 0 Å². The molecule has 0 aromatic carbocycles. The summed E-state index contributed by atoms with van der Waals surface area (Å²) in [5.41, 5.74) is 0.585. The van der Waals surface area contributed by atoms with Crippen molar-refractivity contribution >= 4 is 17.8 Å². The molecule has 1 heterocycles. The van der Waals surface area contributed by atoms with Crippen molar-refractivity contribution in [1.82, 2.24) is 10.1 Å². The van der Waals surface area contributed by atoms with Gasteiger partial charge in [0.1, 0.15) is 0 Å². The van der Waals surface area contributed by atoms with Crippen LogP contribution in [0.3, 0.4) is 0 Å². The summed E-state index contributed by atoms with van der Waals surface area (Å²) in [5.74, 6) is -0.393. The number of methoxy groups -OCH3 is 1. The third-order valence-corrected chi connectivity index (χ3v) is 3.18. The zero-order valence-corrected chi connectivity index (χ0v) is 15.0. The first-order valence-electron chi connectivity index (χ1n) is 7.90. The first-order chi connectivity index (χ1) is 11.3. The first kappa shape index (κ1) is 20.1. The molecule has 8 heteroatoms. The predicted octanol–water partition coefficient (Wildman–Crippen LogP) is 1.42. The molecule has 0 fully saturated rings. The normalized spacial score (nSPS) is 11.6. The maximum atomic E-state index is 12.2. The Balaban J connectivity index is 2.60. The Morgan fingerprint density at radius 1 is 1.33 bits per heavy atom. The lowest BCUT2D eigenvalue weighted by molar-refractivity contribution is -0.144. The molecular weight excluding hydrogens is 314 g/mol. The van der Waals surface area contributed by atoms with Gasteiger partial charge in [-0.25, -0.2) is 0 Å². The van der Waals surface area contributed by atoms with Crippen molar-refractivity contribution in [3.8, 4) is 0 Å². The molecule has 1 N–H and O–H groups in total. The lowest BCUT2D eigenvalue weighted by Crippen LogP contribution is -2.39. The number of carbonyl (C=O) groups is 2. The number of rotatable bonds is 9. The Morgan fingerprint density at radius 2 is 2.04 bits per heavy atom. The predicted molar refractivity (Wildman–Crippen MR) is 88.8 cm³/mol. The smallest absolute Gasteiger partial charge is 0.320 e. The number of ether oxygens (including phenoxy) is 2. The Bertz CT molecular complexity index is 536. The number of amides is 1. The Kier molecular flexibility index (Phi) is 7.87. The standard InChI is InChI=1S/C16H27N3O5/c1-6-23-15(21)11-19(7-8-22-5)10-13(20)17-14-9-12(18-24-14)16(2,3)4/h9H,6-8,10-11H2,1-5H3,(H,17,20). The molecule has 1 aromatic heterocycles. The number of nitrogens with zero attached hydrogens (tertiary/aromatic N) is 2. The van der Waals surface area contributed by atoms with E-state index in [2.05, 4.69) is 10.5 Å². The number of hydrogen-bond acceptors (Lipinski definition) is 7. The highest BCUT2D eigenvalue weighted by Gasteiger charge is 2.21. The van der Waals surface area contributed by atoms with E-state index in [1.54, 1.807) is 25.0 Å². The molecule has 0 aliphatic rings. The van der Waals surface area contributed by atoms with Gasteiger partial charge < -0.3 is 14.0 Å². The van der Waals surface area contributed by atoms with Crippen molar-refractivity contribution < 1.29 is 23.6 Å². The van der Waals surface area contributed by atoms with Gasteiger partial charge in [-0.2, -0.15) is 0 Å². The van der Waals surface area contributed by atoms with Crippen molar-refractivity contribution in [3.63, 3.8) is 0 Å². The van der Waals surface area contributed by atoms with Crippen LogP contribution in [0, 0.1) is 0 Å². The summed E-state index contributed by atoms with van der Waals surface area (Å²) < 4.78 is 15.0. The van der Waals surface area contributed by atoms with E-state index in [0.29, 0.717) is 19.8 Å². The summed E-state index contributed by atoms with van der Waals surface area (Å²) in [7, 11) is 1.56. The number of aromatic nitrogens is 1. The fourth-order valence-electron chi connectivity index (χ4n) is 1.89. The van der Waals surface area contributed by atoms with Gasteiger partial charge in [0.2, 0.25) is 11.8 Å². The van der Waals surface area contributed by atoms with Crippen LogP contribution in [0.1, 0.15) is 33.4 Å². The van der Waals surface area contributed by atoms with E-state index < -0.39 is 0 Å². The van der Waals surface area contributed by atoms with Crippen LogP contribution in [-0.4, -0.2) is 61.9 Å². The van der Waals surface area contributed by atoms with E-state index >= 15 is 0 Å². The second-order valence-corrected chi connectivity index (χ2v) is 6.38. The summed E-state index contributed by atoms with van der Waals surface area (Å²) in [5, 5.41) is 6.59.